The number of rotatable bonds is 7. The topological polar surface area (TPSA) is 87.7 Å². The summed E-state index contributed by atoms with van der Waals surface area (Å²) in [5.74, 6) is 0.000319. The number of aromatic hydroxyl groups is 1. The van der Waals surface area contributed by atoms with Gasteiger partial charge in [0.25, 0.3) is 5.91 Å². The number of phenols is 1. The zero-order valence-electron chi connectivity index (χ0n) is 15.4. The molecule has 1 atom stereocenters. The number of Topliss-reactive ketones (excluding diaryl/α,β-unsaturated/α-hetero) is 1. The Bertz CT molecular complexity index is 819. The number of hydrogen-bond donors (Lipinski definition) is 3. The zero-order chi connectivity index (χ0) is 19.9. The summed E-state index contributed by atoms with van der Waals surface area (Å²) in [5, 5.41) is 16.0. The van der Waals surface area contributed by atoms with Crippen molar-refractivity contribution in [1.82, 2.24) is 10.6 Å². The van der Waals surface area contributed by atoms with Crippen LogP contribution in [0.25, 0.3) is 0 Å². The molecule has 3 N–H and O–H groups in total. The fourth-order valence-corrected chi connectivity index (χ4v) is 3.47. The maximum Gasteiger partial charge on any atom is 0.251 e. The highest BCUT2D eigenvalue weighted by Crippen LogP contribution is 2.24. The summed E-state index contributed by atoms with van der Waals surface area (Å²) >= 11 is 6.08. The molecule has 28 heavy (non-hydrogen) atoms. The first-order chi connectivity index (χ1) is 13.5. The van der Waals surface area contributed by atoms with Crippen molar-refractivity contribution in [2.45, 2.75) is 18.9 Å². The maximum absolute atomic E-state index is 12.9. The predicted octanol–water partition coefficient (Wildman–Crippen LogP) is 2.79. The van der Waals surface area contributed by atoms with E-state index in [1.807, 2.05) is 0 Å². The molecule has 3 rings (SSSR count). The van der Waals surface area contributed by atoms with Gasteiger partial charge in [-0.15, -0.1) is 0 Å². The van der Waals surface area contributed by atoms with E-state index in [2.05, 4.69) is 10.6 Å². The van der Waals surface area contributed by atoms with E-state index in [-0.39, 0.29) is 30.0 Å². The van der Waals surface area contributed by atoms with Gasteiger partial charge in [0, 0.05) is 5.56 Å². The number of amides is 1. The molecule has 2 aromatic rings. The molecular weight excluding hydrogens is 380 g/mol. The predicted molar refractivity (Wildman–Crippen MR) is 107 cm³/mol. The molecular formula is C21H23ClN2O4. The number of benzene rings is 2. The fraction of sp³-hybridized carbons (Fsp3) is 0.333. The van der Waals surface area contributed by atoms with Gasteiger partial charge in [-0.1, -0.05) is 23.7 Å². The Hall–Kier alpha value is -2.57. The number of nitrogens with one attached hydrogen (secondary N) is 2. The molecule has 148 valence electrons. The van der Waals surface area contributed by atoms with E-state index < -0.39 is 6.04 Å². The van der Waals surface area contributed by atoms with Crippen molar-refractivity contribution >= 4 is 23.3 Å². The van der Waals surface area contributed by atoms with E-state index in [1.165, 1.54) is 24.3 Å². The second kappa shape index (κ2) is 9.57. The molecule has 0 spiro atoms. The molecule has 0 bridgehead atoms. The molecule has 1 fully saturated rings. The van der Waals surface area contributed by atoms with Crippen LogP contribution in [0.15, 0.2) is 48.5 Å². The van der Waals surface area contributed by atoms with Crippen LogP contribution >= 0.6 is 11.6 Å². The SMILES string of the molecule is O=C(NC(C(=O)COc1ccccc1Cl)C1CCNCC1)c1ccc(O)cc1. The third kappa shape index (κ3) is 5.24. The third-order valence-corrected chi connectivity index (χ3v) is 5.14. The van der Waals surface area contributed by atoms with Crippen molar-refractivity contribution in [3.63, 3.8) is 0 Å². The van der Waals surface area contributed by atoms with Crippen molar-refractivity contribution < 1.29 is 19.4 Å². The largest absolute Gasteiger partial charge is 0.508 e. The smallest absolute Gasteiger partial charge is 0.251 e. The number of ketones is 1. The van der Waals surface area contributed by atoms with E-state index in [1.54, 1.807) is 24.3 Å². The van der Waals surface area contributed by atoms with Crippen molar-refractivity contribution in [3.05, 3.63) is 59.1 Å². The standard InChI is InChI=1S/C21H23ClN2O4/c22-17-3-1-2-4-19(17)28-13-18(26)20(14-9-11-23-12-10-14)24-21(27)15-5-7-16(25)8-6-15/h1-8,14,20,23,25H,9-13H2,(H,24,27). The number of ether oxygens (including phenoxy) is 1. The number of halogens is 1. The molecule has 2 aromatic carbocycles. The Labute approximate surface area is 168 Å². The van der Waals surface area contributed by atoms with Crippen molar-refractivity contribution in [3.8, 4) is 11.5 Å². The van der Waals surface area contributed by atoms with Crippen LogP contribution in [0, 0.1) is 5.92 Å². The molecule has 1 saturated heterocycles. The Morgan fingerprint density at radius 2 is 1.82 bits per heavy atom. The van der Waals surface area contributed by atoms with Gasteiger partial charge in [0.2, 0.25) is 0 Å². The van der Waals surface area contributed by atoms with E-state index in [0.717, 1.165) is 25.9 Å². The van der Waals surface area contributed by atoms with Crippen LogP contribution in [0.3, 0.4) is 0 Å². The van der Waals surface area contributed by atoms with Gasteiger partial charge in [0.1, 0.15) is 18.1 Å². The van der Waals surface area contributed by atoms with Crippen LogP contribution in [0.2, 0.25) is 5.02 Å². The van der Waals surface area contributed by atoms with Crippen LogP contribution in [0.5, 0.6) is 11.5 Å². The highest BCUT2D eigenvalue weighted by molar-refractivity contribution is 6.32. The Balaban J connectivity index is 1.70. The van der Waals surface area contributed by atoms with E-state index in [0.29, 0.717) is 16.3 Å². The average Bonchev–Trinajstić information content (AvgIpc) is 2.72. The van der Waals surface area contributed by atoms with Crippen LogP contribution in [-0.2, 0) is 4.79 Å². The zero-order valence-corrected chi connectivity index (χ0v) is 16.1. The first-order valence-corrected chi connectivity index (χ1v) is 9.63. The molecule has 7 heteroatoms. The summed E-state index contributed by atoms with van der Waals surface area (Å²) in [4.78, 5) is 25.5. The summed E-state index contributed by atoms with van der Waals surface area (Å²) in [6, 6.07) is 12.2. The van der Waals surface area contributed by atoms with Crippen LogP contribution in [-0.4, -0.2) is 42.5 Å². The molecule has 0 aliphatic carbocycles. The van der Waals surface area contributed by atoms with Gasteiger partial charge in [-0.25, -0.2) is 0 Å². The van der Waals surface area contributed by atoms with Crippen molar-refractivity contribution in [2.24, 2.45) is 5.92 Å². The quantitative estimate of drug-likeness (QED) is 0.662. The van der Waals surface area contributed by atoms with Gasteiger partial charge in [-0.3, -0.25) is 9.59 Å². The maximum atomic E-state index is 12.9. The lowest BCUT2D eigenvalue weighted by atomic mass is 9.87. The number of hydrogen-bond acceptors (Lipinski definition) is 5. The highest BCUT2D eigenvalue weighted by atomic mass is 35.5. The lowest BCUT2D eigenvalue weighted by Crippen LogP contribution is -2.50. The third-order valence-electron chi connectivity index (χ3n) is 4.82. The number of phenolic OH excluding ortho intramolecular Hbond substituents is 1. The first kappa shape index (κ1) is 20.2. The number of carbonyl (C=O) groups excluding carboxylic acids is 2. The van der Waals surface area contributed by atoms with E-state index in [4.69, 9.17) is 16.3 Å². The van der Waals surface area contributed by atoms with Crippen molar-refractivity contribution in [1.29, 1.82) is 0 Å². The van der Waals surface area contributed by atoms with Gasteiger partial charge in [0.05, 0.1) is 11.1 Å². The van der Waals surface area contributed by atoms with Gasteiger partial charge in [-0.2, -0.15) is 0 Å². The van der Waals surface area contributed by atoms with Gasteiger partial charge in [0.15, 0.2) is 5.78 Å². The second-order valence-corrected chi connectivity index (χ2v) is 7.18. The summed E-state index contributed by atoms with van der Waals surface area (Å²) < 4.78 is 5.59. The summed E-state index contributed by atoms with van der Waals surface area (Å²) in [5.41, 5.74) is 0.386. The molecule has 1 unspecified atom stereocenters. The Kier molecular flexibility index (Phi) is 6.90. The van der Waals surface area contributed by atoms with Crippen LogP contribution in [0.1, 0.15) is 23.2 Å². The first-order valence-electron chi connectivity index (χ1n) is 9.25. The Morgan fingerprint density at radius 1 is 1.14 bits per heavy atom. The minimum Gasteiger partial charge on any atom is -0.508 e. The van der Waals surface area contributed by atoms with Crippen LogP contribution < -0.4 is 15.4 Å². The summed E-state index contributed by atoms with van der Waals surface area (Å²) in [7, 11) is 0. The molecule has 0 saturated carbocycles. The minimum atomic E-state index is -0.647. The molecule has 0 radical (unpaired) electrons. The number of para-hydroxylation sites is 1. The highest BCUT2D eigenvalue weighted by Gasteiger charge is 2.31. The normalized spacial score (nSPS) is 15.6. The van der Waals surface area contributed by atoms with E-state index >= 15 is 0 Å². The van der Waals surface area contributed by atoms with Gasteiger partial charge in [-0.05, 0) is 68.2 Å². The van der Waals surface area contributed by atoms with Gasteiger partial charge >= 0.3 is 0 Å². The van der Waals surface area contributed by atoms with Crippen LogP contribution in [0.4, 0.5) is 0 Å². The molecule has 0 aromatic heterocycles. The molecule has 6 nitrogen and oxygen atoms in total. The van der Waals surface area contributed by atoms with Crippen molar-refractivity contribution in [2.75, 3.05) is 19.7 Å². The summed E-state index contributed by atoms with van der Waals surface area (Å²) in [6.45, 7) is 1.43. The number of carbonyl (C=O) groups is 2. The summed E-state index contributed by atoms with van der Waals surface area (Å²) in [6.07, 6.45) is 1.58. The molecule has 1 aliphatic heterocycles. The van der Waals surface area contributed by atoms with E-state index in [9.17, 15) is 14.7 Å². The lowest BCUT2D eigenvalue weighted by Gasteiger charge is -2.30. The molecule has 1 heterocycles. The number of piperidine rings is 1. The van der Waals surface area contributed by atoms with Gasteiger partial charge < -0.3 is 20.5 Å². The monoisotopic (exact) mass is 402 g/mol. The Morgan fingerprint density at radius 3 is 2.50 bits per heavy atom. The average molecular weight is 403 g/mol. The lowest BCUT2D eigenvalue weighted by molar-refractivity contribution is -0.124. The minimum absolute atomic E-state index is 0.0321. The molecule has 1 amide bonds. The molecule has 1 aliphatic rings. The fourth-order valence-electron chi connectivity index (χ4n) is 3.28. The second-order valence-electron chi connectivity index (χ2n) is 6.77.